The summed E-state index contributed by atoms with van der Waals surface area (Å²) in [5, 5.41) is 2.97. The number of carbonyl (C=O) groups is 3. The quantitative estimate of drug-likeness (QED) is 0.348. The monoisotopic (exact) mass is 522 g/mol. The fourth-order valence-electron chi connectivity index (χ4n) is 4.38. The van der Waals surface area contributed by atoms with Crippen molar-refractivity contribution >= 4 is 17.8 Å². The van der Waals surface area contributed by atoms with Crippen LogP contribution >= 0.6 is 0 Å². The van der Waals surface area contributed by atoms with Gasteiger partial charge in [-0.15, -0.1) is 0 Å². The highest BCUT2D eigenvalue weighted by atomic mass is 16.6. The number of hydrogen-bond acceptors (Lipinski definition) is 6. The molecule has 1 heterocycles. The maximum Gasteiger partial charge on any atom is 0.343 e. The number of ether oxygens (including phenoxy) is 2. The number of piperidine rings is 1. The first kappa shape index (κ1) is 29.4. The molecule has 0 saturated carbocycles. The van der Waals surface area contributed by atoms with Crippen LogP contribution in [0.25, 0.3) is 0 Å². The fourth-order valence-corrected chi connectivity index (χ4v) is 4.38. The summed E-state index contributed by atoms with van der Waals surface area (Å²) in [7, 11) is 0. The van der Waals surface area contributed by atoms with Crippen LogP contribution in [0.5, 0.6) is 5.75 Å². The molecule has 1 aliphatic heterocycles. The van der Waals surface area contributed by atoms with E-state index < -0.39 is 23.6 Å². The Balaban J connectivity index is 1.61. The van der Waals surface area contributed by atoms with E-state index in [0.717, 1.165) is 44.5 Å². The third-order valence-corrected chi connectivity index (χ3v) is 6.57. The van der Waals surface area contributed by atoms with Crippen molar-refractivity contribution in [3.63, 3.8) is 0 Å². The molecule has 3 rings (SSSR count). The Morgan fingerprint density at radius 3 is 2.18 bits per heavy atom. The average Bonchev–Trinajstić information content (AvgIpc) is 2.88. The first-order valence-electron chi connectivity index (χ1n) is 13.6. The maximum absolute atomic E-state index is 13.2. The molecule has 1 N–H and O–H groups in total. The summed E-state index contributed by atoms with van der Waals surface area (Å²) in [6.45, 7) is 12.7. The highest BCUT2D eigenvalue weighted by Gasteiger charge is 2.31. The van der Waals surface area contributed by atoms with E-state index >= 15 is 0 Å². The molecular weight excluding hydrogens is 480 g/mol. The van der Waals surface area contributed by atoms with Gasteiger partial charge in [-0.05, 0) is 95.4 Å². The van der Waals surface area contributed by atoms with Gasteiger partial charge in [0, 0.05) is 12.3 Å². The second-order valence-electron chi connectivity index (χ2n) is 11.5. The molecular formula is C31H42N2O5. The average molecular weight is 523 g/mol. The third kappa shape index (κ3) is 9.60. The van der Waals surface area contributed by atoms with Crippen LogP contribution < -0.4 is 10.1 Å². The van der Waals surface area contributed by atoms with E-state index in [1.54, 1.807) is 48.5 Å². The number of likely N-dealkylation sites (tertiary alicyclic amines) is 1. The van der Waals surface area contributed by atoms with Gasteiger partial charge in [0.1, 0.15) is 17.4 Å². The summed E-state index contributed by atoms with van der Waals surface area (Å²) >= 11 is 0. The van der Waals surface area contributed by atoms with Gasteiger partial charge in [0.25, 0.3) is 0 Å². The molecule has 2 aromatic rings. The van der Waals surface area contributed by atoms with E-state index in [-0.39, 0.29) is 18.2 Å². The zero-order valence-electron chi connectivity index (χ0n) is 23.4. The zero-order valence-corrected chi connectivity index (χ0v) is 23.4. The first-order chi connectivity index (χ1) is 18.0. The van der Waals surface area contributed by atoms with Gasteiger partial charge in [-0.25, -0.2) is 9.59 Å². The van der Waals surface area contributed by atoms with Crippen molar-refractivity contribution in [2.45, 2.75) is 71.9 Å². The standard InChI is InChI=1S/C31H42N2O5/c1-22(2)15-18-33-19-16-24(17-20-33)28(34)32-27(30(36)38-31(3,4)5)21-23-11-13-26(14-12-23)37-29(35)25-9-7-6-8-10-25/h6-14,22,24,27H,15-21H2,1-5H3,(H,32,34)/t27-/m0/s1. The molecule has 7 heteroatoms. The number of nitrogens with one attached hydrogen (secondary N) is 1. The van der Waals surface area contributed by atoms with Crippen LogP contribution in [-0.2, 0) is 20.7 Å². The van der Waals surface area contributed by atoms with Gasteiger partial charge in [0.05, 0.1) is 5.56 Å². The molecule has 0 aliphatic carbocycles. The highest BCUT2D eigenvalue weighted by Crippen LogP contribution is 2.21. The molecule has 206 valence electrons. The predicted molar refractivity (Wildman–Crippen MR) is 148 cm³/mol. The van der Waals surface area contributed by atoms with E-state index in [2.05, 4.69) is 24.1 Å². The van der Waals surface area contributed by atoms with Crippen LogP contribution in [0.4, 0.5) is 0 Å². The Morgan fingerprint density at radius 1 is 0.974 bits per heavy atom. The molecule has 1 amide bonds. The molecule has 1 fully saturated rings. The molecule has 7 nitrogen and oxygen atoms in total. The zero-order chi connectivity index (χ0) is 27.7. The third-order valence-electron chi connectivity index (χ3n) is 6.57. The summed E-state index contributed by atoms with van der Waals surface area (Å²) in [5.74, 6) is -0.0413. The summed E-state index contributed by atoms with van der Waals surface area (Å²) in [6, 6.07) is 15.0. The van der Waals surface area contributed by atoms with Gasteiger partial charge in [-0.2, -0.15) is 0 Å². The Bertz CT molecular complexity index is 1050. The van der Waals surface area contributed by atoms with Crippen molar-refractivity contribution < 1.29 is 23.9 Å². The minimum absolute atomic E-state index is 0.0993. The second kappa shape index (κ2) is 13.6. The van der Waals surface area contributed by atoms with Crippen LogP contribution in [0, 0.1) is 11.8 Å². The molecule has 0 aromatic heterocycles. The lowest BCUT2D eigenvalue weighted by molar-refractivity contribution is -0.159. The number of rotatable bonds is 10. The summed E-state index contributed by atoms with van der Waals surface area (Å²) < 4.78 is 11.1. The van der Waals surface area contributed by atoms with Crippen molar-refractivity contribution in [2.75, 3.05) is 19.6 Å². The topological polar surface area (TPSA) is 84.9 Å². The van der Waals surface area contributed by atoms with Gasteiger partial charge in [-0.1, -0.05) is 44.2 Å². The van der Waals surface area contributed by atoms with Crippen LogP contribution in [0.15, 0.2) is 54.6 Å². The fraction of sp³-hybridized carbons (Fsp3) is 0.516. The van der Waals surface area contributed by atoms with Crippen molar-refractivity contribution in [3.8, 4) is 5.75 Å². The summed E-state index contributed by atoms with van der Waals surface area (Å²) in [4.78, 5) is 40.9. The number of amides is 1. The molecule has 38 heavy (non-hydrogen) atoms. The Labute approximate surface area is 226 Å². The maximum atomic E-state index is 13.2. The van der Waals surface area contributed by atoms with E-state index in [0.29, 0.717) is 17.2 Å². The lowest BCUT2D eigenvalue weighted by atomic mass is 9.94. The van der Waals surface area contributed by atoms with Crippen LogP contribution in [-0.4, -0.2) is 54.0 Å². The lowest BCUT2D eigenvalue weighted by Crippen LogP contribution is -2.49. The SMILES string of the molecule is CC(C)CCN1CCC(C(=O)N[C@@H](Cc2ccc(OC(=O)c3ccccc3)cc2)C(=O)OC(C)(C)C)CC1. The number of nitrogens with zero attached hydrogens (tertiary/aromatic N) is 1. The van der Waals surface area contributed by atoms with Crippen molar-refractivity contribution in [2.24, 2.45) is 11.8 Å². The smallest absolute Gasteiger partial charge is 0.343 e. The van der Waals surface area contributed by atoms with E-state index in [9.17, 15) is 14.4 Å². The second-order valence-corrected chi connectivity index (χ2v) is 11.5. The van der Waals surface area contributed by atoms with E-state index in [1.165, 1.54) is 0 Å². The van der Waals surface area contributed by atoms with Crippen LogP contribution in [0.2, 0.25) is 0 Å². The van der Waals surface area contributed by atoms with E-state index in [1.807, 2.05) is 26.8 Å². The normalized spacial score (nSPS) is 15.6. The van der Waals surface area contributed by atoms with Gasteiger partial charge < -0.3 is 19.7 Å². The van der Waals surface area contributed by atoms with E-state index in [4.69, 9.17) is 9.47 Å². The largest absolute Gasteiger partial charge is 0.458 e. The van der Waals surface area contributed by atoms with Crippen LogP contribution in [0.1, 0.15) is 69.8 Å². The molecule has 0 spiro atoms. The highest BCUT2D eigenvalue weighted by molar-refractivity contribution is 5.91. The van der Waals surface area contributed by atoms with Crippen molar-refractivity contribution in [1.29, 1.82) is 0 Å². The van der Waals surface area contributed by atoms with Gasteiger partial charge in [0.2, 0.25) is 5.91 Å². The number of benzene rings is 2. The van der Waals surface area contributed by atoms with Gasteiger partial charge >= 0.3 is 11.9 Å². The molecule has 0 unspecified atom stereocenters. The molecule has 2 aromatic carbocycles. The molecule has 0 bridgehead atoms. The minimum atomic E-state index is -0.807. The molecule has 0 radical (unpaired) electrons. The minimum Gasteiger partial charge on any atom is -0.458 e. The molecule has 1 atom stereocenters. The molecule has 1 saturated heterocycles. The first-order valence-corrected chi connectivity index (χ1v) is 13.6. The Kier molecular flexibility index (Phi) is 10.5. The Morgan fingerprint density at radius 2 is 1.61 bits per heavy atom. The number of carbonyl (C=O) groups excluding carboxylic acids is 3. The lowest BCUT2D eigenvalue weighted by Gasteiger charge is -2.32. The van der Waals surface area contributed by atoms with Crippen LogP contribution in [0.3, 0.4) is 0 Å². The van der Waals surface area contributed by atoms with Crippen molar-refractivity contribution in [3.05, 3.63) is 65.7 Å². The van der Waals surface area contributed by atoms with Crippen molar-refractivity contribution in [1.82, 2.24) is 10.2 Å². The van der Waals surface area contributed by atoms with Gasteiger partial charge in [0.15, 0.2) is 0 Å². The number of esters is 2. The number of hydrogen-bond donors (Lipinski definition) is 1. The molecule has 1 aliphatic rings. The summed E-state index contributed by atoms with van der Waals surface area (Å²) in [5.41, 5.74) is 0.622. The predicted octanol–water partition coefficient (Wildman–Crippen LogP) is 5.03. The Hall–Kier alpha value is -3.19. The summed E-state index contributed by atoms with van der Waals surface area (Å²) in [6.07, 6.45) is 3.00. The van der Waals surface area contributed by atoms with Gasteiger partial charge in [-0.3, -0.25) is 4.79 Å².